The van der Waals surface area contributed by atoms with Crippen LogP contribution in [0.3, 0.4) is 0 Å². The molecule has 1 aromatic heterocycles. The molecule has 1 aliphatic rings. The van der Waals surface area contributed by atoms with Gasteiger partial charge in [-0.05, 0) is 47.7 Å². The van der Waals surface area contributed by atoms with Gasteiger partial charge in [0.05, 0.1) is 9.26 Å². The van der Waals surface area contributed by atoms with Crippen LogP contribution in [0.15, 0.2) is 18.2 Å². The van der Waals surface area contributed by atoms with Crippen molar-refractivity contribution in [1.29, 1.82) is 0 Å². The number of fused-ring (bicyclic) bond motifs is 1. The summed E-state index contributed by atoms with van der Waals surface area (Å²) in [7, 11) is 0. The molecule has 0 saturated carbocycles. The number of rotatable bonds is 1. The van der Waals surface area contributed by atoms with Gasteiger partial charge in [0, 0.05) is 5.56 Å². The Kier molecular flexibility index (Phi) is 3.17. The molecule has 0 amide bonds. The average Bonchev–Trinajstić information content (AvgIpc) is 2.43. The molecule has 1 aliphatic heterocycles. The molecule has 6 heteroatoms. The van der Waals surface area contributed by atoms with Gasteiger partial charge in [0.1, 0.15) is 19.0 Å². The van der Waals surface area contributed by atoms with Crippen LogP contribution in [0.2, 0.25) is 0 Å². The zero-order chi connectivity index (χ0) is 13.4. The van der Waals surface area contributed by atoms with Crippen molar-refractivity contribution < 1.29 is 9.47 Å². The van der Waals surface area contributed by atoms with Crippen molar-refractivity contribution in [1.82, 2.24) is 9.97 Å². The van der Waals surface area contributed by atoms with Gasteiger partial charge in [0.25, 0.3) is 0 Å². The molecule has 3 rings (SSSR count). The predicted octanol–water partition coefficient (Wildman–Crippen LogP) is 2.41. The number of ether oxygens (including phenoxy) is 2. The first-order valence-electron chi connectivity index (χ1n) is 5.85. The summed E-state index contributed by atoms with van der Waals surface area (Å²) < 4.78 is 11.9. The fraction of sp³-hybridized carbons (Fsp3) is 0.231. The van der Waals surface area contributed by atoms with Gasteiger partial charge in [-0.1, -0.05) is 0 Å². The third-order valence-corrected chi connectivity index (χ3v) is 4.18. The first-order chi connectivity index (χ1) is 9.15. The van der Waals surface area contributed by atoms with Crippen molar-refractivity contribution in [3.05, 3.63) is 27.5 Å². The van der Waals surface area contributed by atoms with Crippen LogP contribution >= 0.6 is 22.6 Å². The van der Waals surface area contributed by atoms with Crippen LogP contribution in [0.1, 0.15) is 5.69 Å². The molecular weight excluding hydrogens is 357 g/mol. The zero-order valence-electron chi connectivity index (χ0n) is 10.3. The van der Waals surface area contributed by atoms with E-state index in [1.165, 1.54) is 0 Å². The van der Waals surface area contributed by atoms with Crippen LogP contribution in [0.25, 0.3) is 11.4 Å². The summed E-state index contributed by atoms with van der Waals surface area (Å²) in [6.45, 7) is 3.06. The van der Waals surface area contributed by atoms with E-state index < -0.39 is 0 Å². The Hall–Kier alpha value is -1.57. The van der Waals surface area contributed by atoms with E-state index in [2.05, 4.69) is 32.6 Å². The van der Waals surface area contributed by atoms with Crippen LogP contribution in [-0.2, 0) is 0 Å². The second-order valence-electron chi connectivity index (χ2n) is 4.19. The van der Waals surface area contributed by atoms with Crippen molar-refractivity contribution in [2.24, 2.45) is 0 Å². The standard InChI is InChI=1S/C13H12IN3O2/c1-7-11(14)12(15)17-13(16-7)8-2-3-9-10(6-8)19-5-4-18-9/h2-3,6H,4-5H2,1H3,(H2,15,16,17). The number of nitrogen functional groups attached to an aromatic ring is 1. The van der Waals surface area contributed by atoms with Crippen molar-refractivity contribution in [2.75, 3.05) is 18.9 Å². The summed E-state index contributed by atoms with van der Waals surface area (Å²) >= 11 is 2.14. The SMILES string of the molecule is Cc1nc(-c2ccc3c(c2)OCCO3)nc(N)c1I. The van der Waals surface area contributed by atoms with Crippen molar-refractivity contribution in [3.63, 3.8) is 0 Å². The molecule has 0 aliphatic carbocycles. The summed E-state index contributed by atoms with van der Waals surface area (Å²) in [5.41, 5.74) is 7.63. The number of halogens is 1. The molecule has 1 aromatic carbocycles. The number of aryl methyl sites for hydroxylation is 1. The van der Waals surface area contributed by atoms with Crippen molar-refractivity contribution in [2.45, 2.75) is 6.92 Å². The molecule has 0 spiro atoms. The second-order valence-corrected chi connectivity index (χ2v) is 5.27. The number of nitrogens with two attached hydrogens (primary N) is 1. The summed E-state index contributed by atoms with van der Waals surface area (Å²) in [6, 6.07) is 5.67. The lowest BCUT2D eigenvalue weighted by Gasteiger charge is -2.18. The van der Waals surface area contributed by atoms with E-state index in [4.69, 9.17) is 15.2 Å². The molecular formula is C13H12IN3O2. The summed E-state index contributed by atoms with van der Waals surface area (Å²) in [4.78, 5) is 8.77. The first-order valence-corrected chi connectivity index (χ1v) is 6.92. The molecule has 0 atom stereocenters. The lowest BCUT2D eigenvalue weighted by atomic mass is 10.1. The molecule has 19 heavy (non-hydrogen) atoms. The molecule has 0 radical (unpaired) electrons. The van der Waals surface area contributed by atoms with E-state index in [-0.39, 0.29) is 0 Å². The molecule has 0 saturated heterocycles. The average molecular weight is 369 g/mol. The maximum absolute atomic E-state index is 5.88. The number of nitrogens with zero attached hydrogens (tertiary/aromatic N) is 2. The zero-order valence-corrected chi connectivity index (χ0v) is 12.5. The van der Waals surface area contributed by atoms with E-state index in [1.807, 2.05) is 25.1 Å². The van der Waals surface area contributed by atoms with Crippen LogP contribution in [0.4, 0.5) is 5.82 Å². The summed E-state index contributed by atoms with van der Waals surface area (Å²) in [5.74, 6) is 2.58. The Morgan fingerprint density at radius 3 is 2.63 bits per heavy atom. The monoisotopic (exact) mass is 369 g/mol. The maximum Gasteiger partial charge on any atom is 0.162 e. The third-order valence-electron chi connectivity index (χ3n) is 2.84. The lowest BCUT2D eigenvalue weighted by molar-refractivity contribution is 0.171. The molecule has 98 valence electrons. The van der Waals surface area contributed by atoms with Gasteiger partial charge in [0.15, 0.2) is 17.3 Å². The molecule has 5 nitrogen and oxygen atoms in total. The Bertz CT molecular complexity index is 623. The minimum absolute atomic E-state index is 0.498. The fourth-order valence-corrected chi connectivity index (χ4v) is 2.13. The molecule has 0 bridgehead atoms. The molecule has 2 aromatic rings. The van der Waals surface area contributed by atoms with Crippen LogP contribution in [-0.4, -0.2) is 23.2 Å². The third kappa shape index (κ3) is 2.32. The van der Waals surface area contributed by atoms with E-state index in [1.54, 1.807) is 0 Å². The smallest absolute Gasteiger partial charge is 0.162 e. The first kappa shape index (κ1) is 12.5. The van der Waals surface area contributed by atoms with Crippen LogP contribution < -0.4 is 15.2 Å². The normalized spacial score (nSPS) is 13.4. The minimum Gasteiger partial charge on any atom is -0.486 e. The van der Waals surface area contributed by atoms with Crippen LogP contribution in [0, 0.1) is 10.5 Å². The van der Waals surface area contributed by atoms with Gasteiger partial charge in [-0.2, -0.15) is 0 Å². The van der Waals surface area contributed by atoms with Gasteiger partial charge < -0.3 is 15.2 Å². The highest BCUT2D eigenvalue weighted by Crippen LogP contribution is 2.34. The maximum atomic E-state index is 5.88. The van der Waals surface area contributed by atoms with E-state index in [9.17, 15) is 0 Å². The molecule has 0 fully saturated rings. The number of hydrogen-bond donors (Lipinski definition) is 1. The second kappa shape index (κ2) is 4.84. The quantitative estimate of drug-likeness (QED) is 0.782. The predicted molar refractivity (Wildman–Crippen MR) is 80.3 cm³/mol. The number of aromatic nitrogens is 2. The Morgan fingerprint density at radius 2 is 1.89 bits per heavy atom. The van der Waals surface area contributed by atoms with Gasteiger partial charge in [-0.3, -0.25) is 0 Å². The van der Waals surface area contributed by atoms with Crippen LogP contribution in [0.5, 0.6) is 11.5 Å². The highest BCUT2D eigenvalue weighted by Gasteiger charge is 2.14. The van der Waals surface area contributed by atoms with E-state index in [0.29, 0.717) is 24.9 Å². The van der Waals surface area contributed by atoms with Gasteiger partial charge in [0.2, 0.25) is 0 Å². The summed E-state index contributed by atoms with van der Waals surface area (Å²) in [6.07, 6.45) is 0. The summed E-state index contributed by atoms with van der Waals surface area (Å²) in [5, 5.41) is 0. The number of benzene rings is 1. The molecule has 2 N–H and O–H groups in total. The minimum atomic E-state index is 0.498. The number of anilines is 1. The highest BCUT2D eigenvalue weighted by molar-refractivity contribution is 14.1. The van der Waals surface area contributed by atoms with E-state index in [0.717, 1.165) is 26.3 Å². The highest BCUT2D eigenvalue weighted by atomic mass is 127. The lowest BCUT2D eigenvalue weighted by Crippen LogP contribution is -2.15. The Morgan fingerprint density at radius 1 is 1.16 bits per heavy atom. The number of hydrogen-bond acceptors (Lipinski definition) is 5. The van der Waals surface area contributed by atoms with Crippen molar-refractivity contribution in [3.8, 4) is 22.9 Å². The van der Waals surface area contributed by atoms with Crippen molar-refractivity contribution >= 4 is 28.4 Å². The topological polar surface area (TPSA) is 70.3 Å². The Balaban J connectivity index is 2.07. The van der Waals surface area contributed by atoms with Gasteiger partial charge in [-0.15, -0.1) is 0 Å². The van der Waals surface area contributed by atoms with Gasteiger partial charge >= 0.3 is 0 Å². The molecule has 2 heterocycles. The fourth-order valence-electron chi connectivity index (χ4n) is 1.89. The molecule has 0 unspecified atom stereocenters. The van der Waals surface area contributed by atoms with Gasteiger partial charge in [-0.25, -0.2) is 9.97 Å². The largest absolute Gasteiger partial charge is 0.486 e. The van der Waals surface area contributed by atoms with E-state index >= 15 is 0 Å². The Labute approximate surface area is 124 Å².